The third-order valence-corrected chi connectivity index (χ3v) is 6.28. The molecule has 8 nitrogen and oxygen atoms in total. The van der Waals surface area contributed by atoms with Crippen LogP contribution in [0.15, 0.2) is 24.3 Å². The Labute approximate surface area is 191 Å². The molecule has 0 amide bonds. The van der Waals surface area contributed by atoms with Crippen LogP contribution in [0.3, 0.4) is 0 Å². The molecule has 9 heteroatoms. The van der Waals surface area contributed by atoms with Crippen molar-refractivity contribution in [3.63, 3.8) is 0 Å². The number of anilines is 1. The molecular formula is C22H35ClN6O2. The van der Waals surface area contributed by atoms with Crippen LogP contribution in [0.4, 0.5) is 5.69 Å². The van der Waals surface area contributed by atoms with Gasteiger partial charge in [0.15, 0.2) is 5.82 Å². The quantitative estimate of drug-likeness (QED) is 0.580. The van der Waals surface area contributed by atoms with Crippen LogP contribution in [0.1, 0.15) is 50.9 Å². The SMILES string of the molecule is CCCCC(c1nnnn1CC1CCCO1)N1CCN(c2ccc(OC)cc2)CC1.Cl. The van der Waals surface area contributed by atoms with Gasteiger partial charge in [-0.1, -0.05) is 19.8 Å². The summed E-state index contributed by atoms with van der Waals surface area (Å²) in [5, 5.41) is 12.8. The summed E-state index contributed by atoms with van der Waals surface area (Å²) in [4.78, 5) is 5.01. The Hall–Kier alpha value is -1.90. The molecule has 31 heavy (non-hydrogen) atoms. The highest BCUT2D eigenvalue weighted by Gasteiger charge is 2.30. The molecule has 2 aliphatic rings. The van der Waals surface area contributed by atoms with Crippen LogP contribution in [-0.4, -0.2) is 71.1 Å². The zero-order valence-corrected chi connectivity index (χ0v) is 19.5. The lowest BCUT2D eigenvalue weighted by molar-refractivity contribution is 0.0890. The lowest BCUT2D eigenvalue weighted by atomic mass is 10.1. The van der Waals surface area contributed by atoms with Gasteiger partial charge in [0, 0.05) is 38.5 Å². The summed E-state index contributed by atoms with van der Waals surface area (Å²) in [7, 11) is 1.71. The fourth-order valence-corrected chi connectivity index (χ4v) is 4.52. The molecule has 0 bridgehead atoms. The Morgan fingerprint density at radius 1 is 1.16 bits per heavy atom. The van der Waals surface area contributed by atoms with E-state index in [-0.39, 0.29) is 24.6 Å². The highest BCUT2D eigenvalue weighted by molar-refractivity contribution is 5.85. The van der Waals surface area contributed by atoms with E-state index in [1.54, 1.807) is 7.11 Å². The second-order valence-corrected chi connectivity index (χ2v) is 8.23. The number of halogens is 1. The maximum absolute atomic E-state index is 5.82. The number of nitrogens with zero attached hydrogens (tertiary/aromatic N) is 6. The number of unbranched alkanes of at least 4 members (excludes halogenated alkanes) is 1. The van der Waals surface area contributed by atoms with Crippen LogP contribution in [0.2, 0.25) is 0 Å². The van der Waals surface area contributed by atoms with Gasteiger partial charge in [0.05, 0.1) is 25.8 Å². The van der Waals surface area contributed by atoms with Gasteiger partial charge in [0.25, 0.3) is 0 Å². The number of hydrogen-bond acceptors (Lipinski definition) is 7. The van der Waals surface area contributed by atoms with Gasteiger partial charge in [0.1, 0.15) is 5.75 Å². The van der Waals surface area contributed by atoms with Gasteiger partial charge in [-0.25, -0.2) is 4.68 Å². The Bertz CT molecular complexity index is 773. The Morgan fingerprint density at radius 3 is 2.58 bits per heavy atom. The van der Waals surface area contributed by atoms with Crippen molar-refractivity contribution < 1.29 is 9.47 Å². The fraction of sp³-hybridized carbons (Fsp3) is 0.682. The zero-order valence-electron chi connectivity index (χ0n) is 18.7. The first kappa shape index (κ1) is 23.8. The highest BCUT2D eigenvalue weighted by Crippen LogP contribution is 2.28. The topological polar surface area (TPSA) is 68.5 Å². The van der Waals surface area contributed by atoms with Crippen molar-refractivity contribution in [2.24, 2.45) is 0 Å². The maximum Gasteiger partial charge on any atom is 0.168 e. The largest absolute Gasteiger partial charge is 0.497 e. The number of piperazine rings is 1. The summed E-state index contributed by atoms with van der Waals surface area (Å²) in [6.45, 7) is 7.88. The van der Waals surface area contributed by atoms with Crippen molar-refractivity contribution in [3.8, 4) is 5.75 Å². The van der Waals surface area contributed by atoms with Crippen molar-refractivity contribution in [1.29, 1.82) is 0 Å². The van der Waals surface area contributed by atoms with Gasteiger partial charge in [-0.2, -0.15) is 0 Å². The molecule has 1 aromatic carbocycles. The van der Waals surface area contributed by atoms with E-state index in [1.807, 2.05) is 16.8 Å². The molecule has 2 aliphatic heterocycles. The Balaban J connectivity index is 0.00000272. The molecule has 2 aromatic rings. The third kappa shape index (κ3) is 5.87. The van der Waals surface area contributed by atoms with E-state index in [1.165, 1.54) is 18.5 Å². The molecule has 3 heterocycles. The Morgan fingerprint density at radius 2 is 1.94 bits per heavy atom. The smallest absolute Gasteiger partial charge is 0.168 e. The van der Waals surface area contributed by atoms with Crippen molar-refractivity contribution in [1.82, 2.24) is 25.1 Å². The van der Waals surface area contributed by atoms with E-state index in [4.69, 9.17) is 9.47 Å². The van der Waals surface area contributed by atoms with Crippen LogP contribution in [0.25, 0.3) is 0 Å². The highest BCUT2D eigenvalue weighted by atomic mass is 35.5. The molecule has 0 radical (unpaired) electrons. The zero-order chi connectivity index (χ0) is 20.8. The van der Waals surface area contributed by atoms with Gasteiger partial charge < -0.3 is 14.4 Å². The molecule has 2 atom stereocenters. The van der Waals surface area contributed by atoms with E-state index in [2.05, 4.69) is 44.4 Å². The number of benzene rings is 1. The molecule has 4 rings (SSSR count). The van der Waals surface area contributed by atoms with Crippen LogP contribution in [0.5, 0.6) is 5.75 Å². The molecule has 0 spiro atoms. The first-order valence-corrected chi connectivity index (χ1v) is 11.3. The third-order valence-electron chi connectivity index (χ3n) is 6.28. The first-order chi connectivity index (χ1) is 14.8. The van der Waals surface area contributed by atoms with Crippen molar-refractivity contribution in [2.75, 3.05) is 44.8 Å². The van der Waals surface area contributed by atoms with Gasteiger partial charge in [-0.3, -0.25) is 4.90 Å². The fourth-order valence-electron chi connectivity index (χ4n) is 4.52. The summed E-state index contributed by atoms with van der Waals surface area (Å²) < 4.78 is 13.1. The number of tetrazole rings is 1. The molecule has 0 saturated carbocycles. The summed E-state index contributed by atoms with van der Waals surface area (Å²) >= 11 is 0. The standard InChI is InChI=1S/C22H34N6O2.ClH/c1-3-4-7-21(22-23-24-25-28(22)17-20-6-5-16-30-20)27-14-12-26(13-15-27)18-8-10-19(29-2)11-9-18;/h8-11,20-21H,3-7,12-17H2,1-2H3;1H. The second-order valence-electron chi connectivity index (χ2n) is 8.23. The van der Waals surface area contributed by atoms with Crippen molar-refractivity contribution in [2.45, 2.75) is 57.7 Å². The molecule has 2 fully saturated rings. The molecule has 0 N–H and O–H groups in total. The number of rotatable bonds is 9. The van der Waals surface area contributed by atoms with Crippen LogP contribution >= 0.6 is 12.4 Å². The minimum atomic E-state index is 0. The molecule has 1 aromatic heterocycles. The lowest BCUT2D eigenvalue weighted by Gasteiger charge is -2.40. The number of hydrogen-bond donors (Lipinski definition) is 0. The van der Waals surface area contributed by atoms with Gasteiger partial charge >= 0.3 is 0 Å². The van der Waals surface area contributed by atoms with E-state index in [0.29, 0.717) is 0 Å². The lowest BCUT2D eigenvalue weighted by Crippen LogP contribution is -2.48. The summed E-state index contributed by atoms with van der Waals surface area (Å²) in [6.07, 6.45) is 5.91. The minimum Gasteiger partial charge on any atom is -0.497 e. The minimum absolute atomic E-state index is 0. The predicted molar refractivity (Wildman–Crippen MR) is 123 cm³/mol. The molecule has 0 aliphatic carbocycles. The summed E-state index contributed by atoms with van der Waals surface area (Å²) in [5.41, 5.74) is 1.25. The molecular weight excluding hydrogens is 416 g/mol. The predicted octanol–water partition coefficient (Wildman–Crippen LogP) is 3.34. The average molecular weight is 451 g/mol. The first-order valence-electron chi connectivity index (χ1n) is 11.3. The second kappa shape index (κ2) is 11.6. The molecule has 2 saturated heterocycles. The van der Waals surface area contributed by atoms with E-state index < -0.39 is 0 Å². The summed E-state index contributed by atoms with van der Waals surface area (Å²) in [6, 6.07) is 8.62. The number of aromatic nitrogens is 4. The van der Waals surface area contributed by atoms with Gasteiger partial charge in [-0.15, -0.1) is 17.5 Å². The van der Waals surface area contributed by atoms with E-state index in [0.717, 1.165) is 70.2 Å². The number of ether oxygens (including phenoxy) is 2. The van der Waals surface area contributed by atoms with E-state index >= 15 is 0 Å². The normalized spacial score (nSPS) is 20.5. The monoisotopic (exact) mass is 450 g/mol. The van der Waals surface area contributed by atoms with Crippen LogP contribution < -0.4 is 9.64 Å². The van der Waals surface area contributed by atoms with Crippen LogP contribution in [0, 0.1) is 0 Å². The molecule has 172 valence electrons. The van der Waals surface area contributed by atoms with Crippen molar-refractivity contribution >= 4 is 18.1 Å². The summed E-state index contributed by atoms with van der Waals surface area (Å²) in [5.74, 6) is 1.90. The van der Waals surface area contributed by atoms with Crippen LogP contribution in [-0.2, 0) is 11.3 Å². The van der Waals surface area contributed by atoms with Gasteiger partial charge in [-0.05, 0) is 54.0 Å². The average Bonchev–Trinajstić information content (AvgIpc) is 3.47. The Kier molecular flexibility index (Phi) is 8.92. The molecule has 2 unspecified atom stereocenters. The van der Waals surface area contributed by atoms with Crippen molar-refractivity contribution in [3.05, 3.63) is 30.1 Å². The number of methoxy groups -OCH3 is 1. The van der Waals surface area contributed by atoms with Gasteiger partial charge in [0.2, 0.25) is 0 Å². The van der Waals surface area contributed by atoms with E-state index in [9.17, 15) is 0 Å². The maximum atomic E-state index is 5.82.